The van der Waals surface area contributed by atoms with E-state index >= 15 is 0 Å². The summed E-state index contributed by atoms with van der Waals surface area (Å²) in [6.45, 7) is 4.72. The second kappa shape index (κ2) is 10.6. The average Bonchev–Trinajstić information content (AvgIpc) is 3.90. The highest BCUT2D eigenvalue weighted by Gasteiger charge is 2.35. The average molecular weight is 691 g/mol. The van der Waals surface area contributed by atoms with Gasteiger partial charge in [0.15, 0.2) is 0 Å². The Bertz CT molecular complexity index is 3350. The van der Waals surface area contributed by atoms with Crippen LogP contribution in [0.15, 0.2) is 170 Å². The Kier molecular flexibility index (Phi) is 5.81. The highest BCUT2D eigenvalue weighted by atomic mass is 15.0. The lowest BCUT2D eigenvalue weighted by Crippen LogP contribution is -2.15. The van der Waals surface area contributed by atoms with Crippen LogP contribution in [0.3, 0.4) is 0 Å². The fraction of sp³-hybridized carbons (Fsp3) is 0.0600. The molecular weight excluding hydrogens is 657 g/mol. The Morgan fingerprint density at radius 1 is 0.370 bits per heavy atom. The normalized spacial score (nSPS) is 13.5. The molecule has 7 aromatic carbocycles. The van der Waals surface area contributed by atoms with Crippen LogP contribution in [0.1, 0.15) is 25.0 Å². The monoisotopic (exact) mass is 690 g/mol. The van der Waals surface area contributed by atoms with Gasteiger partial charge < -0.3 is 13.7 Å². The maximum atomic E-state index is 4.53. The van der Waals surface area contributed by atoms with Crippen molar-refractivity contribution in [3.63, 3.8) is 0 Å². The van der Waals surface area contributed by atoms with Crippen molar-refractivity contribution in [2.24, 2.45) is 0 Å². The van der Waals surface area contributed by atoms with Crippen molar-refractivity contribution in [1.29, 1.82) is 0 Å². The first-order chi connectivity index (χ1) is 26.6. The molecule has 12 rings (SSSR count). The molecule has 0 fully saturated rings. The van der Waals surface area contributed by atoms with E-state index < -0.39 is 0 Å². The van der Waals surface area contributed by atoms with Gasteiger partial charge in [0.1, 0.15) is 0 Å². The van der Waals surface area contributed by atoms with Gasteiger partial charge in [-0.1, -0.05) is 98.8 Å². The Hall–Kier alpha value is -6.91. The molecule has 0 saturated carbocycles. The van der Waals surface area contributed by atoms with Crippen LogP contribution in [0.4, 0.5) is 0 Å². The summed E-state index contributed by atoms with van der Waals surface area (Å²) in [7, 11) is 0. The zero-order chi connectivity index (χ0) is 35.7. The van der Waals surface area contributed by atoms with Gasteiger partial charge in [0.2, 0.25) is 0 Å². The van der Waals surface area contributed by atoms with E-state index in [0.29, 0.717) is 0 Å². The molecule has 0 atom stereocenters. The van der Waals surface area contributed by atoms with E-state index in [9.17, 15) is 0 Å². The Labute approximate surface area is 311 Å². The number of fused-ring (bicyclic) bond motifs is 12. The SMILES string of the molecule is CC1(C)c2ccccc2-c2ccc(-n3c4ccccc4c4cc5c(cc43)c3ccccc3n5-c3ccc4c(c3)c3ccncc3n4-c3ccccc3)cc21. The van der Waals surface area contributed by atoms with Crippen molar-refractivity contribution in [2.75, 3.05) is 0 Å². The third kappa shape index (κ3) is 3.84. The quantitative estimate of drug-likeness (QED) is 0.181. The highest BCUT2D eigenvalue weighted by molar-refractivity contribution is 6.19. The molecule has 0 amide bonds. The molecule has 54 heavy (non-hydrogen) atoms. The number of aromatic nitrogens is 4. The van der Waals surface area contributed by atoms with Crippen molar-refractivity contribution >= 4 is 65.4 Å². The van der Waals surface area contributed by atoms with E-state index in [0.717, 1.165) is 16.9 Å². The van der Waals surface area contributed by atoms with Gasteiger partial charge in [-0.3, -0.25) is 4.98 Å². The van der Waals surface area contributed by atoms with Crippen molar-refractivity contribution < 1.29 is 0 Å². The van der Waals surface area contributed by atoms with Crippen molar-refractivity contribution in [1.82, 2.24) is 18.7 Å². The maximum absolute atomic E-state index is 4.53. The molecule has 0 N–H and O–H groups in total. The van der Waals surface area contributed by atoms with Gasteiger partial charge in [0.05, 0.1) is 39.3 Å². The molecule has 4 nitrogen and oxygen atoms in total. The zero-order valence-electron chi connectivity index (χ0n) is 30.0. The van der Waals surface area contributed by atoms with E-state index in [-0.39, 0.29) is 5.41 Å². The van der Waals surface area contributed by atoms with Crippen molar-refractivity contribution in [3.05, 3.63) is 181 Å². The largest absolute Gasteiger partial charge is 0.309 e. The van der Waals surface area contributed by atoms with E-state index in [4.69, 9.17) is 0 Å². The van der Waals surface area contributed by atoms with E-state index in [1.165, 1.54) is 87.8 Å². The molecule has 4 heteroatoms. The maximum Gasteiger partial charge on any atom is 0.0724 e. The highest BCUT2D eigenvalue weighted by Crippen LogP contribution is 2.50. The van der Waals surface area contributed by atoms with Gasteiger partial charge >= 0.3 is 0 Å². The van der Waals surface area contributed by atoms with Crippen LogP contribution in [0.2, 0.25) is 0 Å². The molecule has 0 aliphatic heterocycles. The van der Waals surface area contributed by atoms with Gasteiger partial charge in [0, 0.05) is 61.0 Å². The second-order valence-electron chi connectivity index (χ2n) is 15.3. The fourth-order valence-corrected chi connectivity index (χ4v) is 9.67. The number of nitrogens with zero attached hydrogens (tertiary/aromatic N) is 4. The molecule has 0 unspecified atom stereocenters. The summed E-state index contributed by atoms with van der Waals surface area (Å²) in [5.41, 5.74) is 15.9. The van der Waals surface area contributed by atoms with Crippen LogP contribution < -0.4 is 0 Å². The van der Waals surface area contributed by atoms with Crippen LogP contribution in [0.5, 0.6) is 0 Å². The van der Waals surface area contributed by atoms with Crippen molar-refractivity contribution in [2.45, 2.75) is 19.3 Å². The molecule has 0 saturated heterocycles. The van der Waals surface area contributed by atoms with Crippen LogP contribution in [0, 0.1) is 0 Å². The molecule has 4 heterocycles. The number of benzene rings is 7. The molecule has 254 valence electrons. The Balaban J connectivity index is 1.13. The topological polar surface area (TPSA) is 27.7 Å². The smallest absolute Gasteiger partial charge is 0.0724 e. The third-order valence-corrected chi connectivity index (χ3v) is 12.1. The first-order valence-corrected chi connectivity index (χ1v) is 18.7. The predicted octanol–water partition coefficient (Wildman–Crippen LogP) is 12.7. The minimum atomic E-state index is -0.0770. The summed E-state index contributed by atoms with van der Waals surface area (Å²) in [5.74, 6) is 0. The van der Waals surface area contributed by atoms with Crippen LogP contribution >= 0.6 is 0 Å². The lowest BCUT2D eigenvalue weighted by atomic mass is 9.82. The van der Waals surface area contributed by atoms with Gasteiger partial charge in [-0.15, -0.1) is 0 Å². The summed E-state index contributed by atoms with van der Waals surface area (Å²) >= 11 is 0. The first-order valence-electron chi connectivity index (χ1n) is 18.7. The molecule has 1 aliphatic rings. The van der Waals surface area contributed by atoms with Gasteiger partial charge in [-0.25, -0.2) is 0 Å². The molecular formula is C50H34N4. The fourth-order valence-electron chi connectivity index (χ4n) is 9.67. The molecule has 4 aromatic heterocycles. The molecule has 0 radical (unpaired) electrons. The second-order valence-corrected chi connectivity index (χ2v) is 15.3. The lowest BCUT2D eigenvalue weighted by molar-refractivity contribution is 0.660. The number of hydrogen-bond acceptors (Lipinski definition) is 1. The van der Waals surface area contributed by atoms with Crippen LogP contribution in [0.25, 0.3) is 93.6 Å². The minimum absolute atomic E-state index is 0.0770. The Morgan fingerprint density at radius 3 is 1.65 bits per heavy atom. The van der Waals surface area contributed by atoms with Gasteiger partial charge in [-0.05, 0) is 95.1 Å². The zero-order valence-corrected chi connectivity index (χ0v) is 30.0. The predicted molar refractivity (Wildman–Crippen MR) is 225 cm³/mol. The number of rotatable bonds is 3. The molecule has 0 spiro atoms. The Morgan fingerprint density at radius 2 is 0.907 bits per heavy atom. The summed E-state index contributed by atoms with van der Waals surface area (Å²) in [4.78, 5) is 4.53. The summed E-state index contributed by atoms with van der Waals surface area (Å²) in [6.07, 6.45) is 3.88. The first kappa shape index (κ1) is 29.6. The summed E-state index contributed by atoms with van der Waals surface area (Å²) < 4.78 is 7.26. The summed E-state index contributed by atoms with van der Waals surface area (Å²) in [5, 5.41) is 7.39. The number of para-hydroxylation sites is 3. The molecule has 11 aromatic rings. The third-order valence-electron chi connectivity index (χ3n) is 12.1. The van der Waals surface area contributed by atoms with E-state index in [1.807, 2.05) is 12.4 Å². The van der Waals surface area contributed by atoms with Crippen LogP contribution in [-0.2, 0) is 5.41 Å². The standard InChI is InChI=1S/C50H34N4/c1-50(2)42-17-9-6-14-34(42)35-22-20-33(27-43(35)50)54-45-19-11-8-16-37(45)41-28-47-40(29-48(41)54)36-15-7-10-18-44(36)53(47)32-21-23-46-39(26-32)38-24-25-51-30-49(38)52(46)31-12-4-3-5-13-31/h3-30H,1-2H3. The summed E-state index contributed by atoms with van der Waals surface area (Å²) in [6, 6.07) is 58.2. The molecule has 0 bridgehead atoms. The lowest BCUT2D eigenvalue weighted by Gasteiger charge is -2.22. The minimum Gasteiger partial charge on any atom is -0.309 e. The van der Waals surface area contributed by atoms with E-state index in [2.05, 4.69) is 190 Å². The van der Waals surface area contributed by atoms with E-state index in [1.54, 1.807) is 0 Å². The van der Waals surface area contributed by atoms with Crippen LogP contribution in [-0.4, -0.2) is 18.7 Å². The van der Waals surface area contributed by atoms with Gasteiger partial charge in [-0.2, -0.15) is 0 Å². The number of hydrogen-bond donors (Lipinski definition) is 0. The van der Waals surface area contributed by atoms with Gasteiger partial charge in [0.25, 0.3) is 0 Å². The van der Waals surface area contributed by atoms with Crippen molar-refractivity contribution in [3.8, 4) is 28.2 Å². The molecule has 1 aliphatic carbocycles. The number of pyridine rings is 1.